The SMILES string of the molecule is Cc1ccc(C(C)(O)Cc2ccccn2)cc1C. The Morgan fingerprint density at radius 1 is 1.11 bits per heavy atom. The van der Waals surface area contributed by atoms with Gasteiger partial charge in [0.25, 0.3) is 0 Å². The molecule has 0 amide bonds. The van der Waals surface area contributed by atoms with Gasteiger partial charge in [0, 0.05) is 18.3 Å². The third-order valence-electron chi connectivity index (χ3n) is 3.38. The lowest BCUT2D eigenvalue weighted by Gasteiger charge is -2.24. The minimum atomic E-state index is -0.882. The molecule has 0 aliphatic carbocycles. The Balaban J connectivity index is 2.27. The summed E-state index contributed by atoms with van der Waals surface area (Å²) in [4.78, 5) is 4.27. The monoisotopic (exact) mass is 241 g/mol. The molecule has 1 atom stereocenters. The van der Waals surface area contributed by atoms with Gasteiger partial charge in [-0.05, 0) is 49.6 Å². The second-order valence-electron chi connectivity index (χ2n) is 5.07. The molecular weight excluding hydrogens is 222 g/mol. The minimum absolute atomic E-state index is 0.524. The maximum atomic E-state index is 10.6. The van der Waals surface area contributed by atoms with Crippen molar-refractivity contribution in [2.75, 3.05) is 0 Å². The van der Waals surface area contributed by atoms with Gasteiger partial charge in [-0.3, -0.25) is 4.98 Å². The van der Waals surface area contributed by atoms with E-state index in [4.69, 9.17) is 0 Å². The summed E-state index contributed by atoms with van der Waals surface area (Å²) in [6.07, 6.45) is 2.28. The Labute approximate surface area is 108 Å². The van der Waals surface area contributed by atoms with Gasteiger partial charge in [0.2, 0.25) is 0 Å². The Morgan fingerprint density at radius 2 is 1.89 bits per heavy atom. The predicted octanol–water partition coefficient (Wildman–Crippen LogP) is 3.15. The highest BCUT2D eigenvalue weighted by molar-refractivity contribution is 5.33. The van der Waals surface area contributed by atoms with Crippen molar-refractivity contribution in [2.45, 2.75) is 32.8 Å². The number of pyridine rings is 1. The van der Waals surface area contributed by atoms with Crippen LogP contribution in [0.4, 0.5) is 0 Å². The second kappa shape index (κ2) is 4.91. The molecule has 0 fully saturated rings. The molecule has 2 rings (SSSR count). The molecule has 0 saturated carbocycles. The molecule has 2 nitrogen and oxygen atoms in total. The lowest BCUT2D eigenvalue weighted by atomic mass is 9.89. The van der Waals surface area contributed by atoms with Gasteiger partial charge in [-0.2, -0.15) is 0 Å². The molecule has 1 unspecified atom stereocenters. The number of aryl methyl sites for hydroxylation is 2. The maximum Gasteiger partial charge on any atom is 0.0923 e. The number of aromatic nitrogens is 1. The van der Waals surface area contributed by atoms with E-state index in [1.54, 1.807) is 6.20 Å². The molecule has 0 bridgehead atoms. The van der Waals surface area contributed by atoms with Crippen molar-refractivity contribution in [3.8, 4) is 0 Å². The smallest absolute Gasteiger partial charge is 0.0923 e. The van der Waals surface area contributed by atoms with Gasteiger partial charge in [-0.25, -0.2) is 0 Å². The zero-order chi connectivity index (χ0) is 13.2. The molecule has 0 aliphatic heterocycles. The lowest BCUT2D eigenvalue weighted by molar-refractivity contribution is 0.0565. The van der Waals surface area contributed by atoms with Crippen molar-refractivity contribution < 1.29 is 5.11 Å². The molecule has 94 valence electrons. The van der Waals surface area contributed by atoms with E-state index in [1.807, 2.05) is 31.2 Å². The topological polar surface area (TPSA) is 33.1 Å². The van der Waals surface area contributed by atoms with Crippen LogP contribution in [0.25, 0.3) is 0 Å². The van der Waals surface area contributed by atoms with Crippen LogP contribution in [-0.2, 0) is 12.0 Å². The van der Waals surface area contributed by atoms with E-state index < -0.39 is 5.60 Å². The summed E-state index contributed by atoms with van der Waals surface area (Å²) in [6.45, 7) is 5.98. The van der Waals surface area contributed by atoms with Crippen molar-refractivity contribution in [1.29, 1.82) is 0 Å². The van der Waals surface area contributed by atoms with Gasteiger partial charge < -0.3 is 5.11 Å². The van der Waals surface area contributed by atoms with Crippen molar-refractivity contribution in [3.05, 3.63) is 65.0 Å². The van der Waals surface area contributed by atoms with Crippen LogP contribution in [0.15, 0.2) is 42.6 Å². The van der Waals surface area contributed by atoms with Crippen LogP contribution in [-0.4, -0.2) is 10.1 Å². The summed E-state index contributed by atoms with van der Waals surface area (Å²) in [7, 11) is 0. The highest BCUT2D eigenvalue weighted by atomic mass is 16.3. The number of rotatable bonds is 3. The molecule has 2 aromatic rings. The van der Waals surface area contributed by atoms with Gasteiger partial charge in [-0.15, -0.1) is 0 Å². The predicted molar refractivity (Wildman–Crippen MR) is 73.4 cm³/mol. The molecule has 18 heavy (non-hydrogen) atoms. The van der Waals surface area contributed by atoms with Crippen LogP contribution in [0.3, 0.4) is 0 Å². The van der Waals surface area contributed by atoms with Gasteiger partial charge in [0.05, 0.1) is 5.60 Å². The Kier molecular flexibility index (Phi) is 3.48. The highest BCUT2D eigenvalue weighted by Crippen LogP contribution is 2.26. The zero-order valence-electron chi connectivity index (χ0n) is 11.1. The van der Waals surface area contributed by atoms with E-state index >= 15 is 0 Å². The first-order chi connectivity index (χ1) is 8.49. The summed E-state index contributed by atoms with van der Waals surface area (Å²) in [5.41, 5.74) is 3.41. The normalized spacial score (nSPS) is 14.2. The van der Waals surface area contributed by atoms with E-state index in [1.165, 1.54) is 11.1 Å². The van der Waals surface area contributed by atoms with Crippen LogP contribution in [0.2, 0.25) is 0 Å². The van der Waals surface area contributed by atoms with Gasteiger partial charge in [-0.1, -0.05) is 24.3 Å². The average Bonchev–Trinajstić information content (AvgIpc) is 2.33. The molecule has 2 heteroatoms. The fourth-order valence-electron chi connectivity index (χ4n) is 2.03. The van der Waals surface area contributed by atoms with Crippen molar-refractivity contribution >= 4 is 0 Å². The van der Waals surface area contributed by atoms with Crippen molar-refractivity contribution in [2.24, 2.45) is 0 Å². The zero-order valence-corrected chi connectivity index (χ0v) is 11.1. The fraction of sp³-hybridized carbons (Fsp3) is 0.312. The van der Waals surface area contributed by atoms with Crippen LogP contribution < -0.4 is 0 Å². The average molecular weight is 241 g/mol. The van der Waals surface area contributed by atoms with E-state index in [2.05, 4.69) is 31.0 Å². The number of hydrogen-bond donors (Lipinski definition) is 1. The first-order valence-electron chi connectivity index (χ1n) is 6.19. The van der Waals surface area contributed by atoms with Crippen molar-refractivity contribution in [1.82, 2.24) is 4.98 Å². The summed E-state index contributed by atoms with van der Waals surface area (Å²) in [5, 5.41) is 10.6. The summed E-state index contributed by atoms with van der Waals surface area (Å²) < 4.78 is 0. The summed E-state index contributed by atoms with van der Waals surface area (Å²) in [5.74, 6) is 0. The minimum Gasteiger partial charge on any atom is -0.385 e. The highest BCUT2D eigenvalue weighted by Gasteiger charge is 2.24. The quantitative estimate of drug-likeness (QED) is 0.895. The van der Waals surface area contributed by atoms with E-state index in [9.17, 15) is 5.11 Å². The van der Waals surface area contributed by atoms with Crippen LogP contribution in [0, 0.1) is 13.8 Å². The number of nitrogens with zero attached hydrogens (tertiary/aromatic N) is 1. The van der Waals surface area contributed by atoms with Crippen LogP contribution >= 0.6 is 0 Å². The van der Waals surface area contributed by atoms with E-state index in [0.29, 0.717) is 6.42 Å². The molecule has 0 spiro atoms. The van der Waals surface area contributed by atoms with Gasteiger partial charge in [0.1, 0.15) is 0 Å². The Bertz CT molecular complexity index is 532. The van der Waals surface area contributed by atoms with Gasteiger partial charge >= 0.3 is 0 Å². The standard InChI is InChI=1S/C16H19NO/c1-12-7-8-14(10-13(12)2)16(3,18)11-15-6-4-5-9-17-15/h4-10,18H,11H2,1-3H3. The van der Waals surface area contributed by atoms with Gasteiger partial charge in [0.15, 0.2) is 0 Å². The molecule has 1 heterocycles. The summed E-state index contributed by atoms with van der Waals surface area (Å²) >= 11 is 0. The lowest BCUT2D eigenvalue weighted by Crippen LogP contribution is -2.25. The van der Waals surface area contributed by atoms with E-state index in [0.717, 1.165) is 11.3 Å². The first-order valence-corrected chi connectivity index (χ1v) is 6.19. The first kappa shape index (κ1) is 12.8. The molecule has 1 N–H and O–H groups in total. The second-order valence-corrected chi connectivity index (χ2v) is 5.07. The van der Waals surface area contributed by atoms with Crippen LogP contribution in [0.1, 0.15) is 29.3 Å². The Morgan fingerprint density at radius 3 is 2.50 bits per heavy atom. The molecule has 1 aromatic heterocycles. The maximum absolute atomic E-state index is 10.6. The Hall–Kier alpha value is -1.67. The molecule has 0 radical (unpaired) electrons. The van der Waals surface area contributed by atoms with Crippen LogP contribution in [0.5, 0.6) is 0 Å². The number of hydrogen-bond acceptors (Lipinski definition) is 2. The van der Waals surface area contributed by atoms with E-state index in [-0.39, 0.29) is 0 Å². The largest absolute Gasteiger partial charge is 0.385 e. The number of aliphatic hydroxyl groups is 1. The third kappa shape index (κ3) is 2.77. The fourth-order valence-corrected chi connectivity index (χ4v) is 2.03. The summed E-state index contributed by atoms with van der Waals surface area (Å²) in [6, 6.07) is 11.9. The molecular formula is C16H19NO. The third-order valence-corrected chi connectivity index (χ3v) is 3.38. The molecule has 0 saturated heterocycles. The molecule has 0 aliphatic rings. The molecule has 1 aromatic carbocycles. The van der Waals surface area contributed by atoms with Crippen molar-refractivity contribution in [3.63, 3.8) is 0 Å². The number of benzene rings is 1.